The Morgan fingerprint density at radius 3 is 2.71 bits per heavy atom. The summed E-state index contributed by atoms with van der Waals surface area (Å²) in [6, 6.07) is 0. The van der Waals surface area contributed by atoms with E-state index in [0.717, 1.165) is 17.9 Å². The number of rotatable bonds is 1. The van der Waals surface area contributed by atoms with Crippen molar-refractivity contribution in [3.05, 3.63) is 17.7 Å². The van der Waals surface area contributed by atoms with Gasteiger partial charge in [0.1, 0.15) is 11.5 Å². The summed E-state index contributed by atoms with van der Waals surface area (Å²) < 4.78 is 1.96. The van der Waals surface area contributed by atoms with Crippen LogP contribution in [0.3, 0.4) is 0 Å². The van der Waals surface area contributed by atoms with E-state index in [0.29, 0.717) is 0 Å². The fraction of sp³-hybridized carbons (Fsp3) is 0.545. The molecule has 1 unspecified atom stereocenters. The molecule has 1 heterocycles. The molecular weight excluding hydrogens is 174 g/mol. The fourth-order valence-corrected chi connectivity index (χ4v) is 0.913. The number of aryl methyl sites for hydroxylation is 1. The molecule has 0 spiro atoms. The standard InChI is InChI=1S/C11H17N3/c1-5-11(3,12)7-6-10-8-13-9(2)14(10)4/h8H,5,12H2,1-4H3. The van der Waals surface area contributed by atoms with E-state index in [-0.39, 0.29) is 0 Å². The van der Waals surface area contributed by atoms with Crippen LogP contribution in [0, 0.1) is 18.8 Å². The molecule has 0 aliphatic carbocycles. The molecule has 0 amide bonds. The third-order valence-corrected chi connectivity index (χ3v) is 2.43. The fourth-order valence-electron chi connectivity index (χ4n) is 0.913. The third-order valence-electron chi connectivity index (χ3n) is 2.43. The highest BCUT2D eigenvalue weighted by molar-refractivity contribution is 5.31. The van der Waals surface area contributed by atoms with Crippen molar-refractivity contribution in [2.24, 2.45) is 12.8 Å². The van der Waals surface area contributed by atoms with E-state index in [1.54, 1.807) is 6.20 Å². The van der Waals surface area contributed by atoms with Crippen LogP contribution in [0.1, 0.15) is 31.8 Å². The smallest absolute Gasteiger partial charge is 0.112 e. The second-order valence-corrected chi connectivity index (χ2v) is 3.77. The zero-order valence-corrected chi connectivity index (χ0v) is 9.26. The van der Waals surface area contributed by atoms with Crippen LogP contribution in [0.4, 0.5) is 0 Å². The Kier molecular flexibility index (Phi) is 2.97. The van der Waals surface area contributed by atoms with Gasteiger partial charge in [-0.2, -0.15) is 0 Å². The summed E-state index contributed by atoms with van der Waals surface area (Å²) in [6.07, 6.45) is 2.62. The van der Waals surface area contributed by atoms with Gasteiger partial charge in [0, 0.05) is 7.05 Å². The Labute approximate surface area is 85.3 Å². The van der Waals surface area contributed by atoms with E-state index in [4.69, 9.17) is 5.73 Å². The van der Waals surface area contributed by atoms with Gasteiger partial charge in [-0.25, -0.2) is 4.98 Å². The van der Waals surface area contributed by atoms with Crippen molar-refractivity contribution in [2.45, 2.75) is 32.7 Å². The molecule has 0 bridgehead atoms. The minimum absolute atomic E-state index is 0.405. The molecule has 0 radical (unpaired) electrons. The zero-order chi connectivity index (χ0) is 10.8. The lowest BCUT2D eigenvalue weighted by molar-refractivity contribution is 0.585. The minimum atomic E-state index is -0.405. The lowest BCUT2D eigenvalue weighted by Gasteiger charge is -2.13. The van der Waals surface area contributed by atoms with Crippen LogP contribution < -0.4 is 5.73 Å². The van der Waals surface area contributed by atoms with Gasteiger partial charge in [0.15, 0.2) is 0 Å². The predicted molar refractivity (Wildman–Crippen MR) is 57.7 cm³/mol. The summed E-state index contributed by atoms with van der Waals surface area (Å²) in [7, 11) is 1.95. The van der Waals surface area contributed by atoms with Gasteiger partial charge in [0.25, 0.3) is 0 Å². The van der Waals surface area contributed by atoms with Crippen LogP contribution in [-0.4, -0.2) is 15.1 Å². The molecule has 0 aromatic carbocycles. The topological polar surface area (TPSA) is 43.8 Å². The molecule has 14 heavy (non-hydrogen) atoms. The van der Waals surface area contributed by atoms with Crippen molar-refractivity contribution in [2.75, 3.05) is 0 Å². The summed E-state index contributed by atoms with van der Waals surface area (Å²) in [6.45, 7) is 5.92. The molecule has 3 heteroatoms. The van der Waals surface area contributed by atoms with Gasteiger partial charge >= 0.3 is 0 Å². The van der Waals surface area contributed by atoms with E-state index < -0.39 is 5.54 Å². The summed E-state index contributed by atoms with van der Waals surface area (Å²) in [5.74, 6) is 7.06. The molecule has 2 N–H and O–H groups in total. The monoisotopic (exact) mass is 191 g/mol. The quantitative estimate of drug-likeness (QED) is 0.678. The summed E-state index contributed by atoms with van der Waals surface area (Å²) in [5.41, 5.74) is 6.42. The Balaban J connectivity index is 2.93. The highest BCUT2D eigenvalue weighted by Crippen LogP contribution is 2.04. The summed E-state index contributed by atoms with van der Waals surface area (Å²) in [4.78, 5) is 4.16. The first-order valence-electron chi connectivity index (χ1n) is 4.76. The highest BCUT2D eigenvalue weighted by Gasteiger charge is 2.10. The van der Waals surface area contributed by atoms with Gasteiger partial charge in [-0.05, 0) is 26.2 Å². The average molecular weight is 191 g/mol. The van der Waals surface area contributed by atoms with Gasteiger partial charge in [0.05, 0.1) is 11.7 Å². The number of hydrogen-bond acceptors (Lipinski definition) is 2. The molecule has 0 saturated heterocycles. The van der Waals surface area contributed by atoms with Crippen LogP contribution in [0.2, 0.25) is 0 Å². The number of aromatic nitrogens is 2. The van der Waals surface area contributed by atoms with E-state index in [9.17, 15) is 0 Å². The first-order valence-corrected chi connectivity index (χ1v) is 4.76. The molecule has 76 valence electrons. The normalized spacial score (nSPS) is 14.4. The molecule has 1 aromatic rings. The number of imidazole rings is 1. The molecule has 0 saturated carbocycles. The Hall–Kier alpha value is -1.27. The van der Waals surface area contributed by atoms with Crippen LogP contribution in [-0.2, 0) is 7.05 Å². The van der Waals surface area contributed by atoms with Crippen LogP contribution in [0.15, 0.2) is 6.20 Å². The van der Waals surface area contributed by atoms with Gasteiger partial charge < -0.3 is 10.3 Å². The SMILES string of the molecule is CCC(C)(N)C#Cc1cnc(C)n1C. The van der Waals surface area contributed by atoms with Crippen molar-refractivity contribution in [1.29, 1.82) is 0 Å². The zero-order valence-electron chi connectivity index (χ0n) is 9.26. The molecule has 0 fully saturated rings. The third kappa shape index (κ3) is 2.36. The predicted octanol–water partition coefficient (Wildman–Crippen LogP) is 1.21. The van der Waals surface area contributed by atoms with Crippen molar-refractivity contribution < 1.29 is 0 Å². The molecule has 3 nitrogen and oxygen atoms in total. The van der Waals surface area contributed by atoms with Gasteiger partial charge in [-0.15, -0.1) is 0 Å². The average Bonchev–Trinajstić information content (AvgIpc) is 2.45. The van der Waals surface area contributed by atoms with Gasteiger partial charge in [-0.3, -0.25) is 0 Å². The van der Waals surface area contributed by atoms with Gasteiger partial charge in [-0.1, -0.05) is 12.8 Å². The van der Waals surface area contributed by atoms with Crippen molar-refractivity contribution >= 4 is 0 Å². The maximum atomic E-state index is 5.92. The maximum Gasteiger partial charge on any atom is 0.112 e. The molecule has 1 rings (SSSR count). The van der Waals surface area contributed by atoms with Crippen LogP contribution in [0.5, 0.6) is 0 Å². The highest BCUT2D eigenvalue weighted by atomic mass is 15.0. The molecule has 0 aliphatic heterocycles. The Morgan fingerprint density at radius 2 is 2.29 bits per heavy atom. The Bertz CT molecular complexity index is 377. The first kappa shape index (κ1) is 10.8. The largest absolute Gasteiger partial charge is 0.325 e. The first-order chi connectivity index (χ1) is 6.46. The molecule has 1 atom stereocenters. The molecule has 1 aromatic heterocycles. The lowest BCUT2D eigenvalue weighted by atomic mass is 10.0. The maximum absolute atomic E-state index is 5.92. The van der Waals surface area contributed by atoms with E-state index >= 15 is 0 Å². The van der Waals surface area contributed by atoms with E-state index in [1.807, 2.05) is 32.4 Å². The summed E-state index contributed by atoms with van der Waals surface area (Å²) in [5, 5.41) is 0. The Morgan fingerprint density at radius 1 is 1.64 bits per heavy atom. The molecular formula is C11H17N3. The number of nitrogens with zero attached hydrogens (tertiary/aromatic N) is 2. The minimum Gasteiger partial charge on any atom is -0.325 e. The van der Waals surface area contributed by atoms with Crippen molar-refractivity contribution in [1.82, 2.24) is 9.55 Å². The van der Waals surface area contributed by atoms with Crippen molar-refractivity contribution in [3.8, 4) is 11.8 Å². The second-order valence-electron chi connectivity index (χ2n) is 3.77. The van der Waals surface area contributed by atoms with E-state index in [2.05, 4.69) is 16.8 Å². The number of hydrogen-bond donors (Lipinski definition) is 1. The van der Waals surface area contributed by atoms with Gasteiger partial charge in [0.2, 0.25) is 0 Å². The van der Waals surface area contributed by atoms with E-state index in [1.165, 1.54) is 0 Å². The van der Waals surface area contributed by atoms with Crippen LogP contribution in [0.25, 0.3) is 0 Å². The second kappa shape index (κ2) is 3.85. The molecule has 0 aliphatic rings. The van der Waals surface area contributed by atoms with Crippen LogP contribution >= 0.6 is 0 Å². The van der Waals surface area contributed by atoms with Crippen molar-refractivity contribution in [3.63, 3.8) is 0 Å². The lowest BCUT2D eigenvalue weighted by Crippen LogP contribution is -2.33. The number of nitrogens with two attached hydrogens (primary N) is 1. The summed E-state index contributed by atoms with van der Waals surface area (Å²) >= 11 is 0.